The van der Waals surface area contributed by atoms with E-state index in [2.05, 4.69) is 68.3 Å². The molecule has 2 atom stereocenters. The molecule has 0 saturated carbocycles. The van der Waals surface area contributed by atoms with Gasteiger partial charge in [0.2, 0.25) is 0 Å². The molecular weight excluding hydrogens is 422 g/mol. The molecule has 0 aliphatic heterocycles. The third-order valence-electron chi connectivity index (χ3n) is 6.83. The molecular formula is C29H33N3O2. The van der Waals surface area contributed by atoms with E-state index in [9.17, 15) is 4.79 Å². The van der Waals surface area contributed by atoms with Gasteiger partial charge in [0, 0.05) is 12.5 Å². The van der Waals surface area contributed by atoms with Crippen LogP contribution in [0.5, 0.6) is 0 Å². The first-order valence-electron chi connectivity index (χ1n) is 12.1. The molecule has 176 valence electrons. The lowest BCUT2D eigenvalue weighted by Gasteiger charge is -2.26. The molecule has 5 heteroatoms. The van der Waals surface area contributed by atoms with Gasteiger partial charge in [0.15, 0.2) is 0 Å². The number of carbonyl (C=O) groups excluding carboxylic acids is 1. The van der Waals surface area contributed by atoms with E-state index in [1.165, 1.54) is 11.1 Å². The van der Waals surface area contributed by atoms with E-state index in [1.54, 1.807) is 0 Å². The summed E-state index contributed by atoms with van der Waals surface area (Å²) in [6.45, 7) is 11.4. The Hall–Kier alpha value is -3.47. The van der Waals surface area contributed by atoms with Gasteiger partial charge in [-0.1, -0.05) is 73.7 Å². The Bertz CT molecular complexity index is 1290. The maximum absolute atomic E-state index is 13.3. The van der Waals surface area contributed by atoms with Crippen LogP contribution in [0.2, 0.25) is 0 Å². The average Bonchev–Trinajstić information content (AvgIpc) is 3.29. The van der Waals surface area contributed by atoms with E-state index in [0.29, 0.717) is 0 Å². The summed E-state index contributed by atoms with van der Waals surface area (Å²) in [5, 5.41) is 8.76. The summed E-state index contributed by atoms with van der Waals surface area (Å²) < 4.78 is 7.67. The van der Waals surface area contributed by atoms with Crippen molar-refractivity contribution in [3.63, 3.8) is 0 Å². The molecule has 4 rings (SSSR count). The second kappa shape index (κ2) is 10.2. The summed E-state index contributed by atoms with van der Waals surface area (Å²) in [6, 6.07) is 20.6. The molecule has 0 amide bonds. The van der Waals surface area contributed by atoms with Gasteiger partial charge in [0.05, 0.1) is 11.4 Å². The number of hydrogen-bond donors (Lipinski definition) is 0. The number of benzene rings is 3. The van der Waals surface area contributed by atoms with Crippen LogP contribution >= 0.6 is 0 Å². The van der Waals surface area contributed by atoms with Gasteiger partial charge in [-0.05, 0) is 66.6 Å². The van der Waals surface area contributed by atoms with Gasteiger partial charge in [-0.2, -0.15) is 0 Å². The summed E-state index contributed by atoms with van der Waals surface area (Å²) in [5.41, 5.74) is 8.71. The SMILES string of the molecule is CCc1cc([C@H](c2ccc3c(nnn3CC)c2C)[C@H](C)C(=O)OCc2ccccc2)ccc1C. The van der Waals surface area contributed by atoms with Gasteiger partial charge in [0.1, 0.15) is 12.1 Å². The van der Waals surface area contributed by atoms with Crippen molar-refractivity contribution in [2.45, 2.75) is 60.1 Å². The normalized spacial score (nSPS) is 13.1. The molecule has 0 unspecified atom stereocenters. The Morgan fingerprint density at radius 3 is 2.50 bits per heavy atom. The Morgan fingerprint density at radius 2 is 1.79 bits per heavy atom. The number of carbonyl (C=O) groups is 1. The fourth-order valence-electron chi connectivity index (χ4n) is 4.75. The van der Waals surface area contributed by atoms with Crippen LogP contribution in [0.1, 0.15) is 60.1 Å². The largest absolute Gasteiger partial charge is 0.461 e. The van der Waals surface area contributed by atoms with Crippen molar-refractivity contribution in [3.05, 3.63) is 94.0 Å². The number of ether oxygens (including phenoxy) is 1. The molecule has 0 aliphatic carbocycles. The highest BCUT2D eigenvalue weighted by molar-refractivity contribution is 5.81. The first kappa shape index (κ1) is 23.7. The second-order valence-corrected chi connectivity index (χ2v) is 8.95. The van der Waals surface area contributed by atoms with Crippen molar-refractivity contribution < 1.29 is 9.53 Å². The predicted octanol–water partition coefficient (Wildman–Crippen LogP) is 6.14. The highest BCUT2D eigenvalue weighted by Crippen LogP contribution is 2.37. The maximum Gasteiger partial charge on any atom is 0.309 e. The van der Waals surface area contributed by atoms with Crippen LogP contribution < -0.4 is 0 Å². The molecule has 0 bridgehead atoms. The first-order valence-corrected chi connectivity index (χ1v) is 12.1. The molecule has 34 heavy (non-hydrogen) atoms. The number of nitrogens with zero attached hydrogens (tertiary/aromatic N) is 3. The molecule has 0 aliphatic rings. The lowest BCUT2D eigenvalue weighted by atomic mass is 9.78. The molecule has 0 fully saturated rings. The molecule has 0 radical (unpaired) electrons. The number of hydrogen-bond acceptors (Lipinski definition) is 4. The minimum absolute atomic E-state index is 0.148. The van der Waals surface area contributed by atoms with Crippen molar-refractivity contribution in [2.75, 3.05) is 0 Å². The summed E-state index contributed by atoms with van der Waals surface area (Å²) in [6.07, 6.45) is 0.946. The fraction of sp³-hybridized carbons (Fsp3) is 0.345. The van der Waals surface area contributed by atoms with Gasteiger partial charge in [-0.15, -0.1) is 5.10 Å². The van der Waals surface area contributed by atoms with Gasteiger partial charge in [0.25, 0.3) is 0 Å². The van der Waals surface area contributed by atoms with Crippen LogP contribution in [0.3, 0.4) is 0 Å². The molecule has 0 saturated heterocycles. The van der Waals surface area contributed by atoms with Gasteiger partial charge < -0.3 is 4.74 Å². The van der Waals surface area contributed by atoms with E-state index in [4.69, 9.17) is 4.74 Å². The molecule has 0 spiro atoms. The van der Waals surface area contributed by atoms with Crippen molar-refractivity contribution in [2.24, 2.45) is 5.92 Å². The zero-order chi connectivity index (χ0) is 24.2. The smallest absolute Gasteiger partial charge is 0.309 e. The topological polar surface area (TPSA) is 57.0 Å². The Kier molecular flexibility index (Phi) is 7.11. The number of aromatic nitrogens is 3. The second-order valence-electron chi connectivity index (χ2n) is 8.95. The van der Waals surface area contributed by atoms with E-state index in [1.807, 2.05) is 41.9 Å². The third-order valence-corrected chi connectivity index (χ3v) is 6.83. The molecule has 3 aromatic carbocycles. The van der Waals surface area contributed by atoms with Gasteiger partial charge in [-0.3, -0.25) is 4.79 Å². The highest BCUT2D eigenvalue weighted by Gasteiger charge is 2.31. The van der Waals surface area contributed by atoms with Crippen LogP contribution in [-0.4, -0.2) is 21.0 Å². The summed E-state index contributed by atoms with van der Waals surface area (Å²) in [4.78, 5) is 13.3. The van der Waals surface area contributed by atoms with Crippen LogP contribution in [0.15, 0.2) is 60.7 Å². The van der Waals surface area contributed by atoms with Crippen LogP contribution in [-0.2, 0) is 29.1 Å². The first-order chi connectivity index (χ1) is 16.4. The van der Waals surface area contributed by atoms with Crippen LogP contribution in [0, 0.1) is 19.8 Å². The quantitative estimate of drug-likeness (QED) is 0.299. The fourth-order valence-corrected chi connectivity index (χ4v) is 4.75. The van der Waals surface area contributed by atoms with Crippen molar-refractivity contribution in [1.29, 1.82) is 0 Å². The monoisotopic (exact) mass is 455 g/mol. The molecule has 5 nitrogen and oxygen atoms in total. The zero-order valence-electron chi connectivity index (χ0n) is 20.7. The minimum atomic E-state index is -0.367. The van der Waals surface area contributed by atoms with Gasteiger partial charge in [-0.25, -0.2) is 4.68 Å². The molecule has 4 aromatic rings. The Labute approximate surface area is 201 Å². The zero-order valence-corrected chi connectivity index (χ0v) is 20.7. The number of fused-ring (bicyclic) bond motifs is 1. The number of aryl methyl sites for hydroxylation is 4. The summed E-state index contributed by atoms with van der Waals surface area (Å²) >= 11 is 0. The van der Waals surface area contributed by atoms with Crippen LogP contribution in [0.25, 0.3) is 11.0 Å². The van der Waals surface area contributed by atoms with Crippen LogP contribution in [0.4, 0.5) is 0 Å². The summed E-state index contributed by atoms with van der Waals surface area (Å²) in [7, 11) is 0. The van der Waals surface area contributed by atoms with E-state index >= 15 is 0 Å². The lowest BCUT2D eigenvalue weighted by molar-refractivity contribution is -0.149. The molecule has 1 heterocycles. The molecule has 1 aromatic heterocycles. The Morgan fingerprint density at radius 1 is 1.03 bits per heavy atom. The van der Waals surface area contributed by atoms with Crippen molar-refractivity contribution in [1.82, 2.24) is 15.0 Å². The predicted molar refractivity (Wildman–Crippen MR) is 136 cm³/mol. The van der Waals surface area contributed by atoms with E-state index < -0.39 is 0 Å². The number of esters is 1. The number of rotatable bonds is 8. The minimum Gasteiger partial charge on any atom is -0.461 e. The standard InChI is InChI=1S/C29H33N3O2/c1-6-23-17-24(14-13-19(23)3)27(21(5)29(33)34-18-22-11-9-8-10-12-22)25-15-16-26-28(20(25)4)30-31-32(26)7-2/h8-17,21,27H,6-7,18H2,1-5H3/t21-,27+/m0/s1. The maximum atomic E-state index is 13.3. The molecule has 0 N–H and O–H groups in total. The Balaban J connectivity index is 1.75. The van der Waals surface area contributed by atoms with E-state index in [-0.39, 0.29) is 24.4 Å². The average molecular weight is 456 g/mol. The van der Waals surface area contributed by atoms with Crippen molar-refractivity contribution in [3.8, 4) is 0 Å². The highest BCUT2D eigenvalue weighted by atomic mass is 16.5. The lowest BCUT2D eigenvalue weighted by Crippen LogP contribution is -2.24. The van der Waals surface area contributed by atoms with Crippen molar-refractivity contribution >= 4 is 17.0 Å². The van der Waals surface area contributed by atoms with E-state index in [0.717, 1.165) is 46.3 Å². The summed E-state index contributed by atoms with van der Waals surface area (Å²) in [5.74, 6) is -0.719. The van der Waals surface area contributed by atoms with Gasteiger partial charge >= 0.3 is 5.97 Å². The third kappa shape index (κ3) is 4.60.